The molecule has 1 aromatic rings. The number of aromatic nitrogens is 3. The van der Waals surface area contributed by atoms with E-state index < -0.39 is 0 Å². The molecular weight excluding hydrogens is 152 g/mol. The van der Waals surface area contributed by atoms with Gasteiger partial charge in [0.15, 0.2) is 0 Å². The van der Waals surface area contributed by atoms with E-state index in [2.05, 4.69) is 15.4 Å². The van der Waals surface area contributed by atoms with Gasteiger partial charge < -0.3 is 5.32 Å². The zero-order chi connectivity index (χ0) is 8.39. The van der Waals surface area contributed by atoms with Crippen LogP contribution in [0.2, 0.25) is 0 Å². The lowest BCUT2D eigenvalue weighted by Gasteiger charge is -2.21. The van der Waals surface area contributed by atoms with Crippen LogP contribution in [-0.4, -0.2) is 27.9 Å². The molecule has 0 amide bonds. The molecule has 1 N–H and O–H groups in total. The molecule has 12 heavy (non-hydrogen) atoms. The van der Waals surface area contributed by atoms with E-state index in [1.54, 1.807) is 6.33 Å². The van der Waals surface area contributed by atoms with Crippen LogP contribution in [0.5, 0.6) is 0 Å². The van der Waals surface area contributed by atoms with Gasteiger partial charge in [-0.05, 0) is 19.4 Å². The van der Waals surface area contributed by atoms with Crippen LogP contribution in [0.3, 0.4) is 0 Å². The highest BCUT2D eigenvalue weighted by molar-refractivity contribution is 4.97. The fraction of sp³-hybridized carbons (Fsp3) is 0.750. The highest BCUT2D eigenvalue weighted by atomic mass is 15.3. The van der Waals surface area contributed by atoms with Gasteiger partial charge in [0.05, 0.1) is 0 Å². The summed E-state index contributed by atoms with van der Waals surface area (Å²) in [6.45, 7) is 2.20. The summed E-state index contributed by atoms with van der Waals surface area (Å²) in [5.74, 6) is 1.67. The van der Waals surface area contributed by atoms with Crippen LogP contribution in [0.1, 0.15) is 24.6 Å². The molecular formula is C8H14N4. The Balaban J connectivity index is 2.13. The van der Waals surface area contributed by atoms with Crippen LogP contribution in [0.4, 0.5) is 0 Å². The molecule has 0 bridgehead atoms. The van der Waals surface area contributed by atoms with E-state index in [4.69, 9.17) is 0 Å². The van der Waals surface area contributed by atoms with E-state index in [0.717, 1.165) is 18.9 Å². The molecule has 1 aliphatic rings. The van der Waals surface area contributed by atoms with Crippen molar-refractivity contribution >= 4 is 0 Å². The fourth-order valence-corrected chi connectivity index (χ4v) is 1.75. The average molecular weight is 166 g/mol. The van der Waals surface area contributed by atoms with Crippen LogP contribution in [0.25, 0.3) is 0 Å². The molecule has 1 fully saturated rings. The van der Waals surface area contributed by atoms with E-state index in [-0.39, 0.29) is 0 Å². The third-order valence-corrected chi connectivity index (χ3v) is 2.41. The summed E-state index contributed by atoms with van der Waals surface area (Å²) in [5, 5.41) is 7.44. The lowest BCUT2D eigenvalue weighted by atomic mass is 9.99. The molecule has 2 heterocycles. The van der Waals surface area contributed by atoms with Gasteiger partial charge in [0.1, 0.15) is 12.2 Å². The van der Waals surface area contributed by atoms with Gasteiger partial charge in [0, 0.05) is 19.5 Å². The summed E-state index contributed by atoms with van der Waals surface area (Å²) in [6.07, 6.45) is 4.11. The summed E-state index contributed by atoms with van der Waals surface area (Å²) in [7, 11) is 1.96. The second-order valence-corrected chi connectivity index (χ2v) is 3.29. The molecule has 0 radical (unpaired) electrons. The Morgan fingerprint density at radius 3 is 3.17 bits per heavy atom. The van der Waals surface area contributed by atoms with Crippen molar-refractivity contribution in [3.05, 3.63) is 12.2 Å². The summed E-state index contributed by atoms with van der Waals surface area (Å²) in [4.78, 5) is 4.25. The highest BCUT2D eigenvalue weighted by Gasteiger charge is 2.18. The van der Waals surface area contributed by atoms with Gasteiger partial charge in [0.25, 0.3) is 0 Å². The second-order valence-electron chi connectivity index (χ2n) is 3.29. The Hall–Kier alpha value is -0.900. The first-order valence-electron chi connectivity index (χ1n) is 4.42. The molecule has 1 saturated heterocycles. The topological polar surface area (TPSA) is 42.7 Å². The number of nitrogens with zero attached hydrogens (tertiary/aromatic N) is 3. The largest absolute Gasteiger partial charge is 0.316 e. The standard InChI is InChI=1S/C8H14N4/c1-12-8(10-6-11-12)7-3-2-4-9-5-7/h6-7,9H,2-5H2,1H3. The zero-order valence-corrected chi connectivity index (χ0v) is 7.32. The highest BCUT2D eigenvalue weighted by Crippen LogP contribution is 2.19. The summed E-state index contributed by atoms with van der Waals surface area (Å²) < 4.78 is 1.87. The normalized spacial score (nSPS) is 24.2. The molecule has 4 heteroatoms. The minimum absolute atomic E-state index is 0.561. The van der Waals surface area contributed by atoms with Crippen molar-refractivity contribution in [1.29, 1.82) is 0 Å². The molecule has 0 saturated carbocycles. The Kier molecular flexibility index (Phi) is 2.08. The molecule has 1 aliphatic heterocycles. The van der Waals surface area contributed by atoms with E-state index in [1.807, 2.05) is 11.7 Å². The summed E-state index contributed by atoms with van der Waals surface area (Å²) >= 11 is 0. The molecule has 1 atom stereocenters. The van der Waals surface area contributed by atoms with Crippen LogP contribution in [-0.2, 0) is 7.05 Å². The van der Waals surface area contributed by atoms with E-state index in [9.17, 15) is 0 Å². The number of piperidine rings is 1. The molecule has 0 aromatic carbocycles. The van der Waals surface area contributed by atoms with Gasteiger partial charge in [-0.2, -0.15) is 5.10 Å². The van der Waals surface area contributed by atoms with Gasteiger partial charge in [0.2, 0.25) is 0 Å². The SMILES string of the molecule is Cn1ncnc1C1CCCNC1. The van der Waals surface area contributed by atoms with Crippen molar-refractivity contribution in [2.45, 2.75) is 18.8 Å². The van der Waals surface area contributed by atoms with Crippen molar-refractivity contribution in [3.63, 3.8) is 0 Å². The lowest BCUT2D eigenvalue weighted by molar-refractivity contribution is 0.434. The molecule has 2 rings (SSSR count). The molecule has 0 spiro atoms. The van der Waals surface area contributed by atoms with Crippen molar-refractivity contribution < 1.29 is 0 Å². The number of hydrogen-bond donors (Lipinski definition) is 1. The number of hydrogen-bond acceptors (Lipinski definition) is 3. The Morgan fingerprint density at radius 2 is 2.58 bits per heavy atom. The molecule has 1 unspecified atom stereocenters. The van der Waals surface area contributed by atoms with Crippen LogP contribution in [0.15, 0.2) is 6.33 Å². The first kappa shape index (κ1) is 7.73. The summed E-state index contributed by atoms with van der Waals surface area (Å²) in [6, 6.07) is 0. The maximum absolute atomic E-state index is 4.25. The van der Waals surface area contributed by atoms with Gasteiger partial charge in [-0.25, -0.2) is 4.98 Å². The first-order chi connectivity index (χ1) is 5.88. The predicted molar refractivity (Wildman–Crippen MR) is 45.8 cm³/mol. The molecule has 1 aromatic heterocycles. The third-order valence-electron chi connectivity index (χ3n) is 2.41. The zero-order valence-electron chi connectivity index (χ0n) is 7.32. The van der Waals surface area contributed by atoms with Crippen LogP contribution in [0, 0.1) is 0 Å². The lowest BCUT2D eigenvalue weighted by Crippen LogP contribution is -2.29. The Labute approximate surface area is 72.0 Å². The Morgan fingerprint density at radius 1 is 1.67 bits per heavy atom. The second kappa shape index (κ2) is 3.23. The van der Waals surface area contributed by atoms with Gasteiger partial charge in [-0.15, -0.1) is 0 Å². The minimum atomic E-state index is 0.561. The summed E-state index contributed by atoms with van der Waals surface area (Å²) in [5.41, 5.74) is 0. The molecule has 66 valence electrons. The van der Waals surface area contributed by atoms with Crippen molar-refractivity contribution in [3.8, 4) is 0 Å². The van der Waals surface area contributed by atoms with Gasteiger partial charge in [-0.1, -0.05) is 0 Å². The van der Waals surface area contributed by atoms with Crippen LogP contribution >= 0.6 is 0 Å². The van der Waals surface area contributed by atoms with Crippen LogP contribution < -0.4 is 5.32 Å². The predicted octanol–water partition coefficient (Wildman–Crippen LogP) is 0.282. The van der Waals surface area contributed by atoms with E-state index in [1.165, 1.54) is 12.8 Å². The van der Waals surface area contributed by atoms with Crippen molar-refractivity contribution in [2.75, 3.05) is 13.1 Å². The number of aryl methyl sites for hydroxylation is 1. The Bertz CT molecular complexity index is 249. The average Bonchev–Trinajstić information content (AvgIpc) is 2.53. The minimum Gasteiger partial charge on any atom is -0.316 e. The maximum atomic E-state index is 4.25. The van der Waals surface area contributed by atoms with Gasteiger partial charge in [-0.3, -0.25) is 4.68 Å². The third kappa shape index (κ3) is 1.34. The molecule has 4 nitrogen and oxygen atoms in total. The number of rotatable bonds is 1. The maximum Gasteiger partial charge on any atom is 0.138 e. The molecule has 0 aliphatic carbocycles. The fourth-order valence-electron chi connectivity index (χ4n) is 1.75. The first-order valence-corrected chi connectivity index (χ1v) is 4.42. The van der Waals surface area contributed by atoms with Crippen molar-refractivity contribution in [2.24, 2.45) is 7.05 Å². The van der Waals surface area contributed by atoms with Gasteiger partial charge >= 0.3 is 0 Å². The number of nitrogens with one attached hydrogen (secondary N) is 1. The monoisotopic (exact) mass is 166 g/mol. The smallest absolute Gasteiger partial charge is 0.138 e. The van der Waals surface area contributed by atoms with E-state index >= 15 is 0 Å². The van der Waals surface area contributed by atoms with E-state index in [0.29, 0.717) is 5.92 Å². The quantitative estimate of drug-likeness (QED) is 0.651. The van der Waals surface area contributed by atoms with Crippen molar-refractivity contribution in [1.82, 2.24) is 20.1 Å².